The van der Waals surface area contributed by atoms with E-state index in [1.807, 2.05) is 82.4 Å². The molecular formula is C27H37N3O4. The molecule has 34 heavy (non-hydrogen) atoms. The number of nitrogens with zero attached hydrogens (tertiary/aromatic N) is 3. The summed E-state index contributed by atoms with van der Waals surface area (Å²) in [7, 11) is 3.58. The van der Waals surface area contributed by atoms with Crippen LogP contribution in [0.5, 0.6) is 11.6 Å². The van der Waals surface area contributed by atoms with Crippen LogP contribution in [-0.2, 0) is 23.1 Å². The molecule has 0 radical (unpaired) electrons. The van der Waals surface area contributed by atoms with Crippen LogP contribution in [0.4, 0.5) is 0 Å². The summed E-state index contributed by atoms with van der Waals surface area (Å²) in [5.41, 5.74) is 3.96. The minimum absolute atomic E-state index is 0.0689. The Bertz CT molecular complexity index is 1020. The summed E-state index contributed by atoms with van der Waals surface area (Å²) in [4.78, 5) is 2.16. The number of hydrogen-bond acceptors (Lipinski definition) is 6. The molecular weight excluding hydrogens is 430 g/mol. The van der Waals surface area contributed by atoms with Crippen molar-refractivity contribution in [3.05, 3.63) is 65.7 Å². The van der Waals surface area contributed by atoms with E-state index in [2.05, 4.69) is 4.90 Å². The molecule has 1 atom stereocenters. The van der Waals surface area contributed by atoms with Gasteiger partial charge in [-0.1, -0.05) is 42.5 Å². The third-order valence-electron chi connectivity index (χ3n) is 5.42. The third kappa shape index (κ3) is 7.40. The Morgan fingerprint density at radius 2 is 1.85 bits per heavy atom. The quantitative estimate of drug-likeness (QED) is 0.401. The van der Waals surface area contributed by atoms with E-state index >= 15 is 0 Å². The molecule has 1 N–H and O–H groups in total. The van der Waals surface area contributed by atoms with Crippen molar-refractivity contribution in [1.82, 2.24) is 14.7 Å². The summed E-state index contributed by atoms with van der Waals surface area (Å²) >= 11 is 0. The zero-order chi connectivity index (χ0) is 24.5. The van der Waals surface area contributed by atoms with Crippen molar-refractivity contribution in [3.8, 4) is 22.9 Å². The van der Waals surface area contributed by atoms with E-state index < -0.39 is 6.10 Å². The van der Waals surface area contributed by atoms with Crippen LogP contribution in [-0.4, -0.2) is 65.4 Å². The van der Waals surface area contributed by atoms with Crippen LogP contribution >= 0.6 is 0 Å². The number of aromatic nitrogens is 2. The summed E-state index contributed by atoms with van der Waals surface area (Å²) in [6, 6.07) is 18.1. The highest BCUT2D eigenvalue weighted by molar-refractivity contribution is 5.65. The van der Waals surface area contributed by atoms with Crippen LogP contribution in [0.25, 0.3) is 11.3 Å². The molecule has 7 nitrogen and oxygen atoms in total. The Morgan fingerprint density at radius 1 is 1.09 bits per heavy atom. The van der Waals surface area contributed by atoms with Crippen LogP contribution < -0.4 is 4.74 Å². The Morgan fingerprint density at radius 3 is 2.53 bits per heavy atom. The molecule has 0 bridgehead atoms. The Balaban J connectivity index is 1.94. The fraction of sp³-hybridized carbons (Fsp3) is 0.444. The number of hydrogen-bond donors (Lipinski definition) is 1. The van der Waals surface area contributed by atoms with Crippen LogP contribution in [0.15, 0.2) is 54.6 Å². The number of rotatable bonds is 13. The fourth-order valence-electron chi connectivity index (χ4n) is 3.77. The van der Waals surface area contributed by atoms with E-state index in [9.17, 15) is 5.11 Å². The molecule has 0 fully saturated rings. The second kappa shape index (κ2) is 12.7. The first-order chi connectivity index (χ1) is 16.4. The second-order valence-corrected chi connectivity index (χ2v) is 8.80. The van der Waals surface area contributed by atoms with Crippen LogP contribution in [0, 0.1) is 6.92 Å². The van der Waals surface area contributed by atoms with Crippen LogP contribution in [0.3, 0.4) is 0 Å². The maximum atomic E-state index is 10.6. The molecule has 2 aromatic carbocycles. The normalized spacial score (nSPS) is 12.5. The molecule has 184 valence electrons. The van der Waals surface area contributed by atoms with Gasteiger partial charge in [-0.2, -0.15) is 5.10 Å². The number of aliphatic hydroxyl groups excluding tert-OH is 1. The van der Waals surface area contributed by atoms with E-state index in [-0.39, 0.29) is 12.7 Å². The highest BCUT2D eigenvalue weighted by Gasteiger charge is 2.23. The molecule has 1 aromatic heterocycles. The number of ether oxygens (including phenoxy) is 3. The zero-order valence-electron chi connectivity index (χ0n) is 20.9. The van der Waals surface area contributed by atoms with Gasteiger partial charge in [-0.15, -0.1) is 0 Å². The molecule has 7 heteroatoms. The van der Waals surface area contributed by atoms with Crippen molar-refractivity contribution in [2.45, 2.75) is 39.5 Å². The highest BCUT2D eigenvalue weighted by atomic mass is 16.5. The minimum atomic E-state index is -0.614. The number of aliphatic hydroxyl groups is 1. The minimum Gasteiger partial charge on any atom is -0.439 e. The van der Waals surface area contributed by atoms with Gasteiger partial charge in [-0.3, -0.25) is 4.90 Å². The molecule has 0 amide bonds. The van der Waals surface area contributed by atoms with Gasteiger partial charge >= 0.3 is 0 Å². The summed E-state index contributed by atoms with van der Waals surface area (Å²) in [6.45, 7) is 8.45. The van der Waals surface area contributed by atoms with E-state index in [0.29, 0.717) is 32.1 Å². The molecule has 0 spiro atoms. The van der Waals surface area contributed by atoms with Gasteiger partial charge in [0.25, 0.3) is 0 Å². The van der Waals surface area contributed by atoms with Gasteiger partial charge in [-0.25, -0.2) is 4.68 Å². The SMILES string of the molecule is COCCN(Cc1c(-c2ccccc2)nn(C)c1Oc1cccc(C)c1)C[C@H](O)COC(C)C. The van der Waals surface area contributed by atoms with Crippen molar-refractivity contribution in [2.75, 3.05) is 33.4 Å². The lowest BCUT2D eigenvalue weighted by atomic mass is 10.1. The first-order valence-electron chi connectivity index (χ1n) is 11.7. The predicted molar refractivity (Wildman–Crippen MR) is 134 cm³/mol. The maximum absolute atomic E-state index is 10.6. The van der Waals surface area contributed by atoms with Gasteiger partial charge in [0.2, 0.25) is 5.88 Å². The molecule has 0 saturated heterocycles. The Hall–Kier alpha value is -2.71. The fourth-order valence-corrected chi connectivity index (χ4v) is 3.77. The molecule has 0 saturated carbocycles. The molecule has 3 aromatic rings. The standard InChI is InChI=1S/C27H37N3O4/c1-20(2)33-19-23(31)17-30(14-15-32-5)18-25-26(22-11-7-6-8-12-22)28-29(4)27(25)34-24-13-9-10-21(3)16-24/h6-13,16,20,23,31H,14-15,17-19H2,1-5H3/t23-/m0/s1. The van der Waals surface area contributed by atoms with Crippen LogP contribution in [0.2, 0.25) is 0 Å². The van der Waals surface area contributed by atoms with E-state index in [1.165, 1.54) is 0 Å². The van der Waals surface area contributed by atoms with Gasteiger partial charge in [-0.05, 0) is 38.5 Å². The Labute approximate surface area is 202 Å². The average molecular weight is 468 g/mol. The molecule has 3 rings (SSSR count). The predicted octanol–water partition coefficient (Wildman–Crippen LogP) is 4.42. The molecule has 0 aliphatic carbocycles. The summed E-state index contributed by atoms with van der Waals surface area (Å²) in [5.74, 6) is 1.44. The molecule has 0 aliphatic heterocycles. The lowest BCUT2D eigenvalue weighted by Crippen LogP contribution is -2.37. The van der Waals surface area contributed by atoms with Crippen molar-refractivity contribution in [2.24, 2.45) is 7.05 Å². The first-order valence-corrected chi connectivity index (χ1v) is 11.7. The van der Waals surface area contributed by atoms with E-state index in [0.717, 1.165) is 28.1 Å². The number of methoxy groups -OCH3 is 1. The monoisotopic (exact) mass is 467 g/mol. The first kappa shape index (κ1) is 25.9. The largest absolute Gasteiger partial charge is 0.439 e. The molecule has 0 aliphatic rings. The summed E-state index contributed by atoms with van der Waals surface area (Å²) in [5, 5.41) is 15.4. The van der Waals surface area contributed by atoms with E-state index in [4.69, 9.17) is 19.3 Å². The van der Waals surface area contributed by atoms with Crippen molar-refractivity contribution < 1.29 is 19.3 Å². The summed E-state index contributed by atoms with van der Waals surface area (Å²) < 4.78 is 19.1. The van der Waals surface area contributed by atoms with Gasteiger partial charge in [0.15, 0.2) is 0 Å². The molecule has 0 unspecified atom stereocenters. The van der Waals surface area contributed by atoms with Crippen molar-refractivity contribution in [3.63, 3.8) is 0 Å². The summed E-state index contributed by atoms with van der Waals surface area (Å²) in [6.07, 6.45) is -0.545. The van der Waals surface area contributed by atoms with Gasteiger partial charge in [0.05, 0.1) is 31.0 Å². The lowest BCUT2D eigenvalue weighted by molar-refractivity contribution is -0.0121. The van der Waals surface area contributed by atoms with Crippen molar-refractivity contribution >= 4 is 0 Å². The second-order valence-electron chi connectivity index (χ2n) is 8.80. The zero-order valence-corrected chi connectivity index (χ0v) is 20.9. The lowest BCUT2D eigenvalue weighted by Gasteiger charge is -2.25. The average Bonchev–Trinajstić information content (AvgIpc) is 3.11. The smallest absolute Gasteiger partial charge is 0.222 e. The maximum Gasteiger partial charge on any atom is 0.222 e. The van der Waals surface area contributed by atoms with Gasteiger partial charge in [0, 0.05) is 39.4 Å². The third-order valence-corrected chi connectivity index (χ3v) is 5.42. The van der Waals surface area contributed by atoms with Crippen LogP contribution in [0.1, 0.15) is 25.0 Å². The Kier molecular flexibility index (Phi) is 9.65. The topological polar surface area (TPSA) is 69.0 Å². The van der Waals surface area contributed by atoms with Gasteiger partial charge < -0.3 is 19.3 Å². The van der Waals surface area contributed by atoms with Crippen molar-refractivity contribution in [1.29, 1.82) is 0 Å². The van der Waals surface area contributed by atoms with E-state index in [1.54, 1.807) is 11.8 Å². The number of benzene rings is 2. The van der Waals surface area contributed by atoms with Gasteiger partial charge in [0.1, 0.15) is 11.4 Å². The number of aryl methyl sites for hydroxylation is 2. The molecule has 1 heterocycles. The highest BCUT2D eigenvalue weighted by Crippen LogP contribution is 2.34.